The largest absolute Gasteiger partial charge is 0.507 e. The number of ether oxygens (including phenoxy) is 4. The van der Waals surface area contributed by atoms with E-state index in [0.717, 1.165) is 0 Å². The third-order valence-electron chi connectivity index (χ3n) is 5.43. The number of ketones is 1. The lowest BCUT2D eigenvalue weighted by Gasteiger charge is -2.25. The molecule has 3 rings (SSSR count). The van der Waals surface area contributed by atoms with Crippen LogP contribution in [0, 0.1) is 0 Å². The number of Topliss-reactive ketones (excluding diaryl/α,β-unsaturated/α-hetero) is 1. The highest BCUT2D eigenvalue weighted by Crippen LogP contribution is 2.42. The summed E-state index contributed by atoms with van der Waals surface area (Å²) in [7, 11) is 4.54. The van der Waals surface area contributed by atoms with E-state index in [-0.39, 0.29) is 23.4 Å². The summed E-state index contributed by atoms with van der Waals surface area (Å²) in [6, 6.07) is 11.3. The minimum Gasteiger partial charge on any atom is -0.507 e. The maximum absolute atomic E-state index is 13.2. The summed E-state index contributed by atoms with van der Waals surface area (Å²) in [5.41, 5.74) is 0.899. The minimum atomic E-state index is -0.793. The van der Waals surface area contributed by atoms with Crippen molar-refractivity contribution in [3.05, 3.63) is 59.2 Å². The molecule has 8 heteroatoms. The molecule has 0 saturated carbocycles. The van der Waals surface area contributed by atoms with E-state index in [1.165, 1.54) is 19.1 Å². The fourth-order valence-electron chi connectivity index (χ4n) is 3.92. The van der Waals surface area contributed by atoms with Crippen LogP contribution < -0.4 is 14.2 Å². The Hall–Kier alpha value is -3.52. The summed E-state index contributed by atoms with van der Waals surface area (Å²) in [4.78, 5) is 27.7. The molecular weight excluding hydrogens is 426 g/mol. The van der Waals surface area contributed by atoms with Gasteiger partial charge in [-0.2, -0.15) is 0 Å². The Balaban J connectivity index is 2.19. The Morgan fingerprint density at radius 2 is 1.82 bits per heavy atom. The highest BCUT2D eigenvalue weighted by Gasteiger charge is 2.46. The maximum atomic E-state index is 13.2. The third kappa shape index (κ3) is 4.96. The van der Waals surface area contributed by atoms with Gasteiger partial charge in [0, 0.05) is 20.3 Å². The van der Waals surface area contributed by atoms with Gasteiger partial charge in [0.1, 0.15) is 23.0 Å². The molecule has 33 heavy (non-hydrogen) atoms. The zero-order valence-electron chi connectivity index (χ0n) is 19.3. The first-order chi connectivity index (χ1) is 16.0. The molecule has 2 aromatic rings. The average Bonchev–Trinajstić information content (AvgIpc) is 3.08. The average molecular weight is 456 g/mol. The SMILES string of the molecule is CCOc1cccc(C2/C(=C(\O)c3cc(OC)ccc3OC)C(=O)C(=O)N2CCCOC)c1. The molecule has 1 fully saturated rings. The fourth-order valence-corrected chi connectivity index (χ4v) is 3.92. The summed E-state index contributed by atoms with van der Waals surface area (Å²) < 4.78 is 21.4. The normalized spacial score (nSPS) is 17.3. The molecule has 0 aromatic heterocycles. The summed E-state index contributed by atoms with van der Waals surface area (Å²) in [6.07, 6.45) is 0.535. The van der Waals surface area contributed by atoms with Gasteiger partial charge >= 0.3 is 0 Å². The Bertz CT molecular complexity index is 1050. The predicted octanol–water partition coefficient (Wildman–Crippen LogP) is 3.56. The number of rotatable bonds is 10. The third-order valence-corrected chi connectivity index (χ3v) is 5.43. The van der Waals surface area contributed by atoms with Gasteiger partial charge in [-0.05, 0) is 49.2 Å². The summed E-state index contributed by atoms with van der Waals surface area (Å²) in [6.45, 7) is 3.06. The molecule has 1 N–H and O–H groups in total. The van der Waals surface area contributed by atoms with Crippen molar-refractivity contribution in [2.45, 2.75) is 19.4 Å². The van der Waals surface area contributed by atoms with Crippen LogP contribution in [-0.2, 0) is 14.3 Å². The molecule has 8 nitrogen and oxygen atoms in total. The van der Waals surface area contributed by atoms with Crippen LogP contribution in [0.25, 0.3) is 5.76 Å². The molecule has 0 radical (unpaired) electrons. The van der Waals surface area contributed by atoms with Crippen LogP contribution in [0.15, 0.2) is 48.0 Å². The number of nitrogens with zero attached hydrogens (tertiary/aromatic N) is 1. The highest BCUT2D eigenvalue weighted by molar-refractivity contribution is 6.46. The van der Waals surface area contributed by atoms with Gasteiger partial charge in [-0.1, -0.05) is 12.1 Å². The smallest absolute Gasteiger partial charge is 0.295 e. The summed E-state index contributed by atoms with van der Waals surface area (Å²) in [5.74, 6) is -0.341. The zero-order valence-corrected chi connectivity index (χ0v) is 19.3. The van der Waals surface area contributed by atoms with Crippen molar-refractivity contribution in [2.75, 3.05) is 41.1 Å². The first kappa shape index (κ1) is 24.1. The van der Waals surface area contributed by atoms with Gasteiger partial charge in [0.25, 0.3) is 11.7 Å². The van der Waals surface area contributed by atoms with E-state index < -0.39 is 17.7 Å². The molecule has 1 aliphatic heterocycles. The van der Waals surface area contributed by atoms with Crippen LogP contribution in [0.5, 0.6) is 17.2 Å². The van der Waals surface area contributed by atoms with Gasteiger partial charge in [0.15, 0.2) is 0 Å². The first-order valence-corrected chi connectivity index (χ1v) is 10.7. The van der Waals surface area contributed by atoms with Crippen molar-refractivity contribution < 1.29 is 33.6 Å². The number of carbonyl (C=O) groups is 2. The lowest BCUT2D eigenvalue weighted by atomic mass is 9.94. The van der Waals surface area contributed by atoms with Gasteiger partial charge < -0.3 is 29.0 Å². The van der Waals surface area contributed by atoms with E-state index >= 15 is 0 Å². The van der Waals surface area contributed by atoms with Gasteiger partial charge in [0.2, 0.25) is 0 Å². The zero-order chi connectivity index (χ0) is 24.0. The Morgan fingerprint density at radius 3 is 2.48 bits per heavy atom. The van der Waals surface area contributed by atoms with Crippen LogP contribution in [-0.4, -0.2) is 62.8 Å². The lowest BCUT2D eigenvalue weighted by Crippen LogP contribution is -2.31. The number of likely N-dealkylation sites (tertiary alicyclic amines) is 1. The van der Waals surface area contributed by atoms with E-state index in [9.17, 15) is 14.7 Å². The molecule has 1 unspecified atom stereocenters. The highest BCUT2D eigenvalue weighted by atomic mass is 16.5. The van der Waals surface area contributed by atoms with Crippen molar-refractivity contribution >= 4 is 17.4 Å². The number of hydrogen-bond acceptors (Lipinski definition) is 7. The second-order valence-corrected chi connectivity index (χ2v) is 7.41. The van der Waals surface area contributed by atoms with Gasteiger partial charge in [-0.25, -0.2) is 0 Å². The number of hydrogen-bond donors (Lipinski definition) is 1. The van der Waals surface area contributed by atoms with Crippen LogP contribution in [0.2, 0.25) is 0 Å². The van der Waals surface area contributed by atoms with E-state index in [4.69, 9.17) is 18.9 Å². The number of aliphatic hydroxyl groups is 1. The number of carbonyl (C=O) groups excluding carboxylic acids is 2. The Kier molecular flexibility index (Phi) is 7.95. The summed E-state index contributed by atoms with van der Waals surface area (Å²) >= 11 is 0. The molecule has 0 aliphatic carbocycles. The lowest BCUT2D eigenvalue weighted by molar-refractivity contribution is -0.140. The van der Waals surface area contributed by atoms with Crippen LogP contribution in [0.3, 0.4) is 0 Å². The molecule has 1 aliphatic rings. The molecule has 2 aromatic carbocycles. The van der Waals surface area contributed by atoms with E-state index in [1.807, 2.05) is 6.92 Å². The van der Waals surface area contributed by atoms with Crippen LogP contribution >= 0.6 is 0 Å². The van der Waals surface area contributed by atoms with Crippen molar-refractivity contribution in [1.82, 2.24) is 4.90 Å². The van der Waals surface area contributed by atoms with Crippen molar-refractivity contribution in [2.24, 2.45) is 0 Å². The number of amides is 1. The van der Waals surface area contributed by atoms with Gasteiger partial charge in [-0.3, -0.25) is 9.59 Å². The molecular formula is C25H29NO7. The van der Waals surface area contributed by atoms with E-state index in [2.05, 4.69) is 0 Å². The molecule has 1 atom stereocenters. The van der Waals surface area contributed by atoms with Crippen molar-refractivity contribution in [3.8, 4) is 17.2 Å². The topological polar surface area (TPSA) is 94.5 Å². The predicted molar refractivity (Wildman–Crippen MR) is 123 cm³/mol. The molecule has 1 amide bonds. The van der Waals surface area contributed by atoms with Crippen LogP contribution in [0.1, 0.15) is 30.5 Å². The Morgan fingerprint density at radius 1 is 1.03 bits per heavy atom. The van der Waals surface area contributed by atoms with Gasteiger partial charge in [-0.15, -0.1) is 0 Å². The van der Waals surface area contributed by atoms with Crippen molar-refractivity contribution in [3.63, 3.8) is 0 Å². The second-order valence-electron chi connectivity index (χ2n) is 7.41. The quantitative estimate of drug-likeness (QED) is 0.253. The number of benzene rings is 2. The Labute approximate surface area is 193 Å². The van der Waals surface area contributed by atoms with E-state index in [0.29, 0.717) is 42.4 Å². The number of methoxy groups -OCH3 is 3. The second kappa shape index (κ2) is 10.9. The van der Waals surface area contributed by atoms with Gasteiger partial charge in [0.05, 0.1) is 38.0 Å². The fraction of sp³-hybridized carbons (Fsp3) is 0.360. The molecule has 1 saturated heterocycles. The first-order valence-electron chi connectivity index (χ1n) is 10.7. The summed E-state index contributed by atoms with van der Waals surface area (Å²) in [5, 5.41) is 11.3. The van der Waals surface area contributed by atoms with E-state index in [1.54, 1.807) is 49.6 Å². The molecule has 0 spiro atoms. The minimum absolute atomic E-state index is 0.0161. The monoisotopic (exact) mass is 455 g/mol. The standard InChI is InChI=1S/C25H29NO7/c1-5-33-18-9-6-8-16(14-18)22-21(24(28)25(29)26(22)12-7-13-30-2)23(27)19-15-17(31-3)10-11-20(19)32-4/h6,8-11,14-15,22,27H,5,7,12-13H2,1-4H3/b23-21+. The molecule has 0 bridgehead atoms. The maximum Gasteiger partial charge on any atom is 0.295 e. The number of aliphatic hydroxyl groups excluding tert-OH is 1. The molecule has 176 valence electrons. The van der Waals surface area contributed by atoms with Crippen molar-refractivity contribution in [1.29, 1.82) is 0 Å². The molecule has 1 heterocycles. The van der Waals surface area contributed by atoms with Crippen LogP contribution in [0.4, 0.5) is 0 Å².